The van der Waals surface area contributed by atoms with Crippen molar-refractivity contribution in [2.24, 2.45) is 5.73 Å². The van der Waals surface area contributed by atoms with Gasteiger partial charge in [-0.15, -0.1) is 0 Å². The molecule has 0 bridgehead atoms. The average Bonchev–Trinajstić information content (AvgIpc) is 3.26. The predicted octanol–water partition coefficient (Wildman–Crippen LogP) is 2.35. The first-order valence-electron chi connectivity index (χ1n) is 7.17. The Morgan fingerprint density at radius 3 is 2.81 bits per heavy atom. The SMILES string of the molecule is CCOc1cc(CN)cc(Br)c1OC(C)C(=O)NC1CC1. The van der Waals surface area contributed by atoms with E-state index < -0.39 is 6.10 Å². The standard InChI is InChI=1S/C15H21BrN2O3/c1-3-20-13-7-10(8-17)6-12(16)14(13)21-9(2)15(19)18-11-4-5-11/h6-7,9,11H,3-5,8,17H2,1-2H3,(H,18,19). The van der Waals surface area contributed by atoms with Crippen molar-refractivity contribution in [2.75, 3.05) is 6.61 Å². The normalized spacial score (nSPS) is 15.4. The lowest BCUT2D eigenvalue weighted by atomic mass is 10.2. The molecule has 1 aromatic carbocycles. The van der Waals surface area contributed by atoms with Gasteiger partial charge in [-0.25, -0.2) is 0 Å². The van der Waals surface area contributed by atoms with Gasteiger partial charge in [-0.1, -0.05) is 0 Å². The first kappa shape index (κ1) is 16.1. The van der Waals surface area contributed by atoms with E-state index in [-0.39, 0.29) is 5.91 Å². The van der Waals surface area contributed by atoms with E-state index in [0.29, 0.717) is 30.7 Å². The summed E-state index contributed by atoms with van der Waals surface area (Å²) in [5.74, 6) is 1.03. The van der Waals surface area contributed by atoms with Crippen molar-refractivity contribution in [1.82, 2.24) is 5.32 Å². The summed E-state index contributed by atoms with van der Waals surface area (Å²) in [6.07, 6.45) is 1.53. The van der Waals surface area contributed by atoms with Gasteiger partial charge >= 0.3 is 0 Å². The third-order valence-corrected chi connectivity index (χ3v) is 3.78. The van der Waals surface area contributed by atoms with Crippen molar-refractivity contribution in [2.45, 2.75) is 45.4 Å². The molecule has 1 fully saturated rings. The van der Waals surface area contributed by atoms with E-state index in [1.165, 1.54) is 0 Å². The number of hydrogen-bond acceptors (Lipinski definition) is 4. The van der Waals surface area contributed by atoms with Crippen molar-refractivity contribution in [3.05, 3.63) is 22.2 Å². The third kappa shape index (κ3) is 4.35. The summed E-state index contributed by atoms with van der Waals surface area (Å²) in [5, 5.41) is 2.93. The van der Waals surface area contributed by atoms with Crippen LogP contribution in [0.25, 0.3) is 0 Å². The molecule has 116 valence electrons. The molecule has 0 saturated heterocycles. The molecule has 1 saturated carbocycles. The summed E-state index contributed by atoms with van der Waals surface area (Å²) in [7, 11) is 0. The number of carbonyl (C=O) groups excluding carboxylic acids is 1. The topological polar surface area (TPSA) is 73.6 Å². The second kappa shape index (κ2) is 7.13. The lowest BCUT2D eigenvalue weighted by molar-refractivity contribution is -0.127. The fourth-order valence-electron chi connectivity index (χ4n) is 1.89. The molecule has 0 aliphatic heterocycles. The van der Waals surface area contributed by atoms with Crippen molar-refractivity contribution in [1.29, 1.82) is 0 Å². The largest absolute Gasteiger partial charge is 0.490 e. The van der Waals surface area contributed by atoms with E-state index in [2.05, 4.69) is 21.2 Å². The molecule has 1 atom stereocenters. The molecule has 1 aromatic rings. The fourth-order valence-corrected chi connectivity index (χ4v) is 2.48. The van der Waals surface area contributed by atoms with Crippen molar-refractivity contribution >= 4 is 21.8 Å². The van der Waals surface area contributed by atoms with Crippen molar-refractivity contribution < 1.29 is 14.3 Å². The van der Waals surface area contributed by atoms with E-state index >= 15 is 0 Å². The van der Waals surface area contributed by atoms with Crippen molar-refractivity contribution in [3.63, 3.8) is 0 Å². The molecule has 2 rings (SSSR count). The van der Waals surface area contributed by atoms with E-state index in [1.54, 1.807) is 6.92 Å². The minimum absolute atomic E-state index is 0.102. The highest BCUT2D eigenvalue weighted by atomic mass is 79.9. The fraction of sp³-hybridized carbons (Fsp3) is 0.533. The average molecular weight is 357 g/mol. The Hall–Kier alpha value is -1.27. The zero-order valence-electron chi connectivity index (χ0n) is 12.3. The summed E-state index contributed by atoms with van der Waals surface area (Å²) in [5.41, 5.74) is 6.60. The highest BCUT2D eigenvalue weighted by molar-refractivity contribution is 9.10. The van der Waals surface area contributed by atoms with E-state index in [9.17, 15) is 4.79 Å². The Labute approximate surface area is 133 Å². The van der Waals surface area contributed by atoms with Gasteiger partial charge in [0.05, 0.1) is 11.1 Å². The van der Waals surface area contributed by atoms with Gasteiger partial charge in [0.2, 0.25) is 0 Å². The Morgan fingerprint density at radius 1 is 1.52 bits per heavy atom. The van der Waals surface area contributed by atoms with Gasteiger partial charge < -0.3 is 20.5 Å². The Kier molecular flexibility index (Phi) is 5.47. The van der Waals surface area contributed by atoms with Gasteiger partial charge in [-0.3, -0.25) is 4.79 Å². The summed E-state index contributed by atoms with van der Waals surface area (Å²) in [6, 6.07) is 4.04. The second-order valence-corrected chi connectivity index (χ2v) is 5.94. The molecule has 1 amide bonds. The summed E-state index contributed by atoms with van der Waals surface area (Å²) >= 11 is 3.46. The molecule has 3 N–H and O–H groups in total. The first-order chi connectivity index (χ1) is 10.0. The number of carbonyl (C=O) groups is 1. The molecule has 1 aliphatic carbocycles. The maximum Gasteiger partial charge on any atom is 0.260 e. The summed E-state index contributed by atoms with van der Waals surface area (Å²) in [6.45, 7) is 4.56. The molecule has 21 heavy (non-hydrogen) atoms. The van der Waals surface area contributed by atoms with Crippen LogP contribution in [-0.4, -0.2) is 24.7 Å². The predicted molar refractivity (Wildman–Crippen MR) is 84.5 cm³/mol. The van der Waals surface area contributed by atoms with Crippen LogP contribution < -0.4 is 20.5 Å². The van der Waals surface area contributed by atoms with Gasteiger partial charge in [0.1, 0.15) is 0 Å². The number of hydrogen-bond donors (Lipinski definition) is 2. The number of benzene rings is 1. The molecule has 0 radical (unpaired) electrons. The molecule has 1 unspecified atom stereocenters. The first-order valence-corrected chi connectivity index (χ1v) is 7.96. The molecule has 5 nitrogen and oxygen atoms in total. The smallest absolute Gasteiger partial charge is 0.260 e. The number of nitrogens with one attached hydrogen (secondary N) is 1. The van der Waals surface area contributed by atoms with Gasteiger partial charge in [0.15, 0.2) is 17.6 Å². The highest BCUT2D eigenvalue weighted by Gasteiger charge is 2.27. The molecular weight excluding hydrogens is 336 g/mol. The van der Waals surface area contributed by atoms with E-state index in [4.69, 9.17) is 15.2 Å². The number of rotatable bonds is 7. The van der Waals surface area contributed by atoms with Crippen LogP contribution in [0.3, 0.4) is 0 Å². The maximum absolute atomic E-state index is 12.0. The number of halogens is 1. The van der Waals surface area contributed by atoms with Crippen LogP contribution in [0.2, 0.25) is 0 Å². The van der Waals surface area contributed by atoms with Crippen LogP contribution in [0.5, 0.6) is 11.5 Å². The maximum atomic E-state index is 12.0. The molecule has 0 heterocycles. The number of amides is 1. The Bertz CT molecular complexity index is 518. The van der Waals surface area contributed by atoms with Crippen LogP contribution in [0.15, 0.2) is 16.6 Å². The third-order valence-electron chi connectivity index (χ3n) is 3.19. The molecule has 6 heteroatoms. The van der Waals surface area contributed by atoms with Crippen LogP contribution in [0.1, 0.15) is 32.3 Å². The van der Waals surface area contributed by atoms with Crippen molar-refractivity contribution in [3.8, 4) is 11.5 Å². The minimum Gasteiger partial charge on any atom is -0.490 e. The van der Waals surface area contributed by atoms with Gasteiger partial charge in [0, 0.05) is 12.6 Å². The number of ether oxygens (including phenoxy) is 2. The summed E-state index contributed by atoms with van der Waals surface area (Å²) < 4.78 is 12.1. The molecule has 1 aliphatic rings. The molecule has 0 aromatic heterocycles. The lowest BCUT2D eigenvalue weighted by Gasteiger charge is -2.19. The zero-order valence-corrected chi connectivity index (χ0v) is 13.9. The van der Waals surface area contributed by atoms with E-state index in [0.717, 1.165) is 22.9 Å². The van der Waals surface area contributed by atoms with Gasteiger partial charge in [-0.2, -0.15) is 0 Å². The Morgan fingerprint density at radius 2 is 2.24 bits per heavy atom. The van der Waals surface area contributed by atoms with Gasteiger partial charge in [0.25, 0.3) is 5.91 Å². The highest BCUT2D eigenvalue weighted by Crippen LogP contribution is 2.37. The molecular formula is C15H21BrN2O3. The van der Waals surface area contributed by atoms with Crippen LogP contribution >= 0.6 is 15.9 Å². The van der Waals surface area contributed by atoms with Crippen LogP contribution in [-0.2, 0) is 11.3 Å². The number of nitrogens with two attached hydrogens (primary N) is 1. The van der Waals surface area contributed by atoms with Crippen LogP contribution in [0, 0.1) is 0 Å². The van der Waals surface area contributed by atoms with Crippen LogP contribution in [0.4, 0.5) is 0 Å². The quantitative estimate of drug-likeness (QED) is 0.786. The van der Waals surface area contributed by atoms with Gasteiger partial charge in [-0.05, 0) is 60.3 Å². The Balaban J connectivity index is 2.14. The van der Waals surface area contributed by atoms with E-state index in [1.807, 2.05) is 19.1 Å². The lowest BCUT2D eigenvalue weighted by Crippen LogP contribution is -2.37. The monoisotopic (exact) mass is 356 g/mol. The second-order valence-electron chi connectivity index (χ2n) is 5.08. The molecule has 0 spiro atoms. The zero-order chi connectivity index (χ0) is 15.4. The minimum atomic E-state index is -0.579. The summed E-state index contributed by atoms with van der Waals surface area (Å²) in [4.78, 5) is 12.0.